The third-order valence-electron chi connectivity index (χ3n) is 3.91. The fourth-order valence-electron chi connectivity index (χ4n) is 2.55. The van der Waals surface area contributed by atoms with Crippen molar-refractivity contribution in [1.29, 1.82) is 0 Å². The van der Waals surface area contributed by atoms with Crippen LogP contribution in [0.25, 0.3) is 0 Å². The summed E-state index contributed by atoms with van der Waals surface area (Å²) in [5.74, 6) is 3.35. The van der Waals surface area contributed by atoms with Gasteiger partial charge in [0.15, 0.2) is 0 Å². The molecule has 1 saturated carbocycles. The Morgan fingerprint density at radius 3 is 2.68 bits per heavy atom. The number of hydrogen-bond donors (Lipinski definition) is 0. The van der Waals surface area contributed by atoms with Gasteiger partial charge in [-0.3, -0.25) is 0 Å². The Kier molecular flexibility index (Phi) is 4.03. The lowest BCUT2D eigenvalue weighted by Gasteiger charge is -2.28. The van der Waals surface area contributed by atoms with Crippen molar-refractivity contribution in [3.63, 3.8) is 0 Å². The highest BCUT2D eigenvalue weighted by Gasteiger charge is 2.27. The standard InChI is InChI=1S/C14H20BrN3O/c1-18(9-10-4-6-19-7-5-10)13-8-12(15)16-14(17-13)11-2-3-11/h8,10-11H,2-7,9H2,1H3. The van der Waals surface area contributed by atoms with Crippen LogP contribution in [0.5, 0.6) is 0 Å². The number of ether oxygens (including phenoxy) is 1. The average molecular weight is 326 g/mol. The van der Waals surface area contributed by atoms with Crippen LogP contribution in [0.2, 0.25) is 0 Å². The Bertz CT molecular complexity index is 444. The molecule has 19 heavy (non-hydrogen) atoms. The van der Waals surface area contributed by atoms with Crippen LogP contribution >= 0.6 is 15.9 Å². The van der Waals surface area contributed by atoms with Gasteiger partial charge >= 0.3 is 0 Å². The number of nitrogens with zero attached hydrogens (tertiary/aromatic N) is 3. The summed E-state index contributed by atoms with van der Waals surface area (Å²) in [6.45, 7) is 2.86. The van der Waals surface area contributed by atoms with Gasteiger partial charge in [0.1, 0.15) is 16.2 Å². The van der Waals surface area contributed by atoms with Crippen LogP contribution in [0.4, 0.5) is 5.82 Å². The summed E-state index contributed by atoms with van der Waals surface area (Å²) >= 11 is 3.50. The Labute approximate surface area is 122 Å². The molecule has 0 radical (unpaired) electrons. The van der Waals surface area contributed by atoms with Crippen molar-refractivity contribution in [3.8, 4) is 0 Å². The van der Waals surface area contributed by atoms with Gasteiger partial charge in [-0.1, -0.05) is 0 Å². The van der Waals surface area contributed by atoms with E-state index in [-0.39, 0.29) is 0 Å². The van der Waals surface area contributed by atoms with Crippen molar-refractivity contribution < 1.29 is 4.74 Å². The normalized spacial score (nSPS) is 20.5. The van der Waals surface area contributed by atoms with E-state index in [0.717, 1.165) is 54.8 Å². The van der Waals surface area contributed by atoms with Gasteiger partial charge < -0.3 is 9.64 Å². The molecule has 1 aliphatic heterocycles. The Balaban J connectivity index is 1.69. The number of anilines is 1. The molecule has 0 N–H and O–H groups in total. The Hall–Kier alpha value is -0.680. The van der Waals surface area contributed by atoms with Gasteiger partial charge in [0.05, 0.1) is 0 Å². The molecule has 104 valence electrons. The maximum absolute atomic E-state index is 5.41. The summed E-state index contributed by atoms with van der Waals surface area (Å²) in [6.07, 6.45) is 4.79. The molecule has 1 aromatic rings. The van der Waals surface area contributed by atoms with Crippen molar-refractivity contribution >= 4 is 21.7 Å². The second kappa shape index (κ2) is 5.75. The van der Waals surface area contributed by atoms with Gasteiger partial charge in [-0.15, -0.1) is 0 Å². The molecule has 3 rings (SSSR count). The van der Waals surface area contributed by atoms with Gasteiger partial charge in [0, 0.05) is 38.8 Å². The predicted molar refractivity (Wildman–Crippen MR) is 78.5 cm³/mol. The minimum absolute atomic E-state index is 0.590. The molecule has 0 amide bonds. The third-order valence-corrected chi connectivity index (χ3v) is 4.31. The molecule has 0 unspecified atom stereocenters. The van der Waals surface area contributed by atoms with Crippen LogP contribution in [0.1, 0.15) is 37.4 Å². The number of hydrogen-bond acceptors (Lipinski definition) is 4. The number of rotatable bonds is 4. The third kappa shape index (κ3) is 3.45. The lowest BCUT2D eigenvalue weighted by Crippen LogP contribution is -2.30. The summed E-state index contributed by atoms with van der Waals surface area (Å²) in [5.41, 5.74) is 0. The van der Waals surface area contributed by atoms with Crippen molar-refractivity contribution in [2.24, 2.45) is 5.92 Å². The summed E-state index contributed by atoms with van der Waals surface area (Å²) in [7, 11) is 2.13. The molecule has 2 heterocycles. The highest BCUT2D eigenvalue weighted by atomic mass is 79.9. The highest BCUT2D eigenvalue weighted by molar-refractivity contribution is 9.10. The van der Waals surface area contributed by atoms with Gasteiger partial charge in [-0.2, -0.15) is 0 Å². The molecule has 2 fully saturated rings. The zero-order valence-corrected chi connectivity index (χ0v) is 12.9. The quantitative estimate of drug-likeness (QED) is 0.798. The summed E-state index contributed by atoms with van der Waals surface area (Å²) < 4.78 is 6.31. The lowest BCUT2D eigenvalue weighted by atomic mass is 10.00. The van der Waals surface area contributed by atoms with E-state index in [4.69, 9.17) is 9.72 Å². The molecule has 0 bridgehead atoms. The maximum atomic E-state index is 5.41. The summed E-state index contributed by atoms with van der Waals surface area (Å²) in [4.78, 5) is 11.5. The van der Waals surface area contributed by atoms with Gasteiger partial charge in [0.25, 0.3) is 0 Å². The Morgan fingerprint density at radius 2 is 2.00 bits per heavy atom. The minimum Gasteiger partial charge on any atom is -0.381 e. The minimum atomic E-state index is 0.590. The van der Waals surface area contributed by atoms with E-state index in [1.165, 1.54) is 12.8 Å². The summed E-state index contributed by atoms with van der Waals surface area (Å²) in [5, 5.41) is 0. The van der Waals surface area contributed by atoms with Crippen LogP contribution in [0, 0.1) is 5.92 Å². The van der Waals surface area contributed by atoms with Gasteiger partial charge in [-0.25, -0.2) is 9.97 Å². The van der Waals surface area contributed by atoms with Crippen LogP contribution in [0.15, 0.2) is 10.7 Å². The maximum Gasteiger partial charge on any atom is 0.135 e. The smallest absolute Gasteiger partial charge is 0.135 e. The van der Waals surface area contributed by atoms with E-state index in [0.29, 0.717) is 5.92 Å². The van der Waals surface area contributed by atoms with E-state index in [2.05, 4.69) is 32.9 Å². The zero-order valence-electron chi connectivity index (χ0n) is 11.3. The summed E-state index contributed by atoms with van der Waals surface area (Å²) in [6, 6.07) is 2.02. The fraction of sp³-hybridized carbons (Fsp3) is 0.714. The lowest BCUT2D eigenvalue weighted by molar-refractivity contribution is 0.0685. The van der Waals surface area contributed by atoms with Crippen molar-refractivity contribution in [1.82, 2.24) is 9.97 Å². The van der Waals surface area contributed by atoms with E-state index >= 15 is 0 Å². The first-order valence-corrected chi connectivity index (χ1v) is 7.85. The first-order chi connectivity index (χ1) is 9.22. The number of aromatic nitrogens is 2. The molecule has 2 aliphatic rings. The molecule has 1 aliphatic carbocycles. The van der Waals surface area contributed by atoms with Gasteiger partial charge in [0.2, 0.25) is 0 Å². The topological polar surface area (TPSA) is 38.2 Å². The molecule has 1 aromatic heterocycles. The van der Waals surface area contributed by atoms with E-state index in [1.54, 1.807) is 0 Å². The zero-order chi connectivity index (χ0) is 13.2. The second-order valence-electron chi connectivity index (χ2n) is 5.62. The van der Waals surface area contributed by atoms with E-state index in [9.17, 15) is 0 Å². The largest absolute Gasteiger partial charge is 0.381 e. The molecular formula is C14H20BrN3O. The predicted octanol–water partition coefficient (Wildman–Crippen LogP) is 2.98. The average Bonchev–Trinajstić information content (AvgIpc) is 3.23. The molecule has 0 spiro atoms. The molecule has 5 heteroatoms. The van der Waals surface area contributed by atoms with Crippen molar-refractivity contribution in [2.45, 2.75) is 31.6 Å². The first-order valence-electron chi connectivity index (χ1n) is 7.06. The number of halogens is 1. The fourth-order valence-corrected chi connectivity index (χ4v) is 2.94. The molecule has 0 aromatic carbocycles. The van der Waals surface area contributed by atoms with E-state index in [1.807, 2.05) is 6.07 Å². The highest BCUT2D eigenvalue weighted by Crippen LogP contribution is 2.39. The Morgan fingerprint density at radius 1 is 1.26 bits per heavy atom. The monoisotopic (exact) mass is 325 g/mol. The molecule has 1 saturated heterocycles. The second-order valence-corrected chi connectivity index (χ2v) is 6.43. The van der Waals surface area contributed by atoms with Crippen LogP contribution in [0.3, 0.4) is 0 Å². The van der Waals surface area contributed by atoms with Crippen LogP contribution < -0.4 is 4.90 Å². The SMILES string of the molecule is CN(CC1CCOCC1)c1cc(Br)nc(C2CC2)n1. The molecule has 4 nitrogen and oxygen atoms in total. The molecule has 0 atom stereocenters. The van der Waals surface area contributed by atoms with Gasteiger partial charge in [-0.05, 0) is 47.5 Å². The van der Waals surface area contributed by atoms with Crippen LogP contribution in [-0.4, -0.2) is 36.8 Å². The molecular weight excluding hydrogens is 306 g/mol. The van der Waals surface area contributed by atoms with Crippen LogP contribution in [-0.2, 0) is 4.74 Å². The van der Waals surface area contributed by atoms with Crippen molar-refractivity contribution in [3.05, 3.63) is 16.5 Å². The van der Waals surface area contributed by atoms with E-state index < -0.39 is 0 Å². The first kappa shape index (κ1) is 13.3. The van der Waals surface area contributed by atoms with Crippen molar-refractivity contribution in [2.75, 3.05) is 31.7 Å².